The van der Waals surface area contributed by atoms with Gasteiger partial charge in [-0.2, -0.15) is 0 Å². The highest BCUT2D eigenvalue weighted by Crippen LogP contribution is 2.32. The van der Waals surface area contributed by atoms with Crippen LogP contribution in [0.15, 0.2) is 35.5 Å². The fraction of sp³-hybridized carbons (Fsp3) is 0.417. The summed E-state index contributed by atoms with van der Waals surface area (Å²) in [5.41, 5.74) is 2.80. The van der Waals surface area contributed by atoms with Crippen LogP contribution in [0.1, 0.15) is 27.7 Å². The molecule has 1 rings (SSSR count). The van der Waals surface area contributed by atoms with Crippen LogP contribution in [0.4, 0.5) is 0 Å². The third kappa shape index (κ3) is 1.80. The van der Waals surface area contributed by atoms with E-state index in [2.05, 4.69) is 6.58 Å². The summed E-state index contributed by atoms with van der Waals surface area (Å²) in [6.45, 7) is 11.7. The average molecular weight is 176 g/mol. The van der Waals surface area contributed by atoms with Gasteiger partial charge in [-0.15, -0.1) is 0 Å². The molecule has 1 heteroatoms. The Hall–Kier alpha value is -1.11. The molecule has 0 fully saturated rings. The molecule has 0 atom stereocenters. The summed E-state index contributed by atoms with van der Waals surface area (Å²) in [7, 11) is 0. The number of ketones is 1. The predicted molar refractivity (Wildman–Crippen MR) is 55.4 cm³/mol. The van der Waals surface area contributed by atoms with Crippen molar-refractivity contribution in [1.29, 1.82) is 0 Å². The van der Waals surface area contributed by atoms with Gasteiger partial charge in [0.1, 0.15) is 0 Å². The summed E-state index contributed by atoms with van der Waals surface area (Å²) < 4.78 is 0. The second-order valence-corrected chi connectivity index (χ2v) is 4.25. The minimum Gasteiger partial charge on any atom is -0.294 e. The van der Waals surface area contributed by atoms with Gasteiger partial charge in [0.15, 0.2) is 5.78 Å². The number of allylic oxidation sites excluding steroid dienone is 5. The smallest absolute Gasteiger partial charge is 0.165 e. The lowest BCUT2D eigenvalue weighted by molar-refractivity contribution is -0.120. The van der Waals surface area contributed by atoms with E-state index in [1.165, 1.54) is 0 Å². The minimum absolute atomic E-state index is 0.176. The molecule has 0 spiro atoms. The SMILES string of the molecule is C=C(C)C1=CC(C)(C)C(=O)C=C1C. The Kier molecular flexibility index (Phi) is 2.29. The maximum absolute atomic E-state index is 11.5. The fourth-order valence-electron chi connectivity index (χ4n) is 1.47. The molecule has 1 aliphatic rings. The van der Waals surface area contributed by atoms with Crippen molar-refractivity contribution in [1.82, 2.24) is 0 Å². The summed E-state index contributed by atoms with van der Waals surface area (Å²) in [5.74, 6) is 0.176. The second-order valence-electron chi connectivity index (χ2n) is 4.25. The van der Waals surface area contributed by atoms with Crippen LogP contribution in [0.2, 0.25) is 0 Å². The van der Waals surface area contributed by atoms with Crippen molar-refractivity contribution in [2.24, 2.45) is 5.41 Å². The van der Waals surface area contributed by atoms with Gasteiger partial charge < -0.3 is 0 Å². The quantitative estimate of drug-likeness (QED) is 0.600. The zero-order valence-corrected chi connectivity index (χ0v) is 8.77. The van der Waals surface area contributed by atoms with Crippen molar-refractivity contribution < 1.29 is 4.79 Å². The van der Waals surface area contributed by atoms with E-state index in [4.69, 9.17) is 0 Å². The standard InChI is InChI=1S/C12H16O/c1-8(2)10-7-12(4,5)11(13)6-9(10)3/h6-7H,1H2,2-5H3. The van der Waals surface area contributed by atoms with Crippen LogP contribution in [0.3, 0.4) is 0 Å². The van der Waals surface area contributed by atoms with E-state index in [0.29, 0.717) is 0 Å². The summed E-state index contributed by atoms with van der Waals surface area (Å²) in [6, 6.07) is 0. The molecule has 0 N–H and O–H groups in total. The van der Waals surface area contributed by atoms with E-state index in [1.807, 2.05) is 33.8 Å². The van der Waals surface area contributed by atoms with E-state index in [1.54, 1.807) is 6.08 Å². The summed E-state index contributed by atoms with van der Waals surface area (Å²) in [4.78, 5) is 11.5. The molecule has 0 saturated heterocycles. The van der Waals surface area contributed by atoms with E-state index < -0.39 is 0 Å². The molecule has 1 aliphatic carbocycles. The summed E-state index contributed by atoms with van der Waals surface area (Å²) in [6.07, 6.45) is 3.72. The van der Waals surface area contributed by atoms with Crippen molar-refractivity contribution in [3.63, 3.8) is 0 Å². The second kappa shape index (κ2) is 2.99. The van der Waals surface area contributed by atoms with Crippen LogP contribution in [-0.2, 0) is 4.79 Å². The van der Waals surface area contributed by atoms with Crippen LogP contribution < -0.4 is 0 Å². The van der Waals surface area contributed by atoms with E-state index in [9.17, 15) is 4.79 Å². The van der Waals surface area contributed by atoms with Crippen molar-refractivity contribution in [3.05, 3.63) is 35.5 Å². The van der Waals surface area contributed by atoms with E-state index in [0.717, 1.165) is 16.7 Å². The lowest BCUT2D eigenvalue weighted by Gasteiger charge is -2.24. The Morgan fingerprint density at radius 3 is 2.46 bits per heavy atom. The predicted octanol–water partition coefficient (Wildman–Crippen LogP) is 3.04. The maximum atomic E-state index is 11.5. The highest BCUT2D eigenvalue weighted by molar-refractivity contribution is 5.98. The van der Waals surface area contributed by atoms with Crippen LogP contribution in [0.5, 0.6) is 0 Å². The number of carbonyl (C=O) groups is 1. The molecule has 0 bridgehead atoms. The van der Waals surface area contributed by atoms with Gasteiger partial charge in [0.2, 0.25) is 0 Å². The van der Waals surface area contributed by atoms with Gasteiger partial charge >= 0.3 is 0 Å². The Morgan fingerprint density at radius 2 is 2.00 bits per heavy atom. The van der Waals surface area contributed by atoms with Gasteiger partial charge in [0.05, 0.1) is 0 Å². The zero-order valence-electron chi connectivity index (χ0n) is 8.77. The number of hydrogen-bond acceptors (Lipinski definition) is 1. The van der Waals surface area contributed by atoms with Gasteiger partial charge in [-0.1, -0.05) is 18.2 Å². The monoisotopic (exact) mass is 176 g/mol. The van der Waals surface area contributed by atoms with E-state index >= 15 is 0 Å². The fourth-order valence-corrected chi connectivity index (χ4v) is 1.47. The summed E-state index contributed by atoms with van der Waals surface area (Å²) in [5, 5.41) is 0. The van der Waals surface area contributed by atoms with Crippen LogP contribution in [0, 0.1) is 5.41 Å². The molecule has 0 aromatic heterocycles. The van der Waals surface area contributed by atoms with Crippen LogP contribution >= 0.6 is 0 Å². The highest BCUT2D eigenvalue weighted by Gasteiger charge is 2.27. The highest BCUT2D eigenvalue weighted by atomic mass is 16.1. The molecule has 0 aromatic rings. The Bertz CT molecular complexity index is 327. The zero-order chi connectivity index (χ0) is 10.2. The van der Waals surface area contributed by atoms with Gasteiger partial charge in [0, 0.05) is 5.41 Å². The molecule has 1 nitrogen and oxygen atoms in total. The van der Waals surface area contributed by atoms with Gasteiger partial charge in [0.25, 0.3) is 0 Å². The molecular weight excluding hydrogens is 160 g/mol. The van der Waals surface area contributed by atoms with Crippen LogP contribution in [-0.4, -0.2) is 5.78 Å². The van der Waals surface area contributed by atoms with Crippen molar-refractivity contribution in [3.8, 4) is 0 Å². The molecule has 0 radical (unpaired) electrons. The van der Waals surface area contributed by atoms with Crippen molar-refractivity contribution >= 4 is 5.78 Å². The molecule has 0 saturated carbocycles. The van der Waals surface area contributed by atoms with Gasteiger partial charge in [-0.25, -0.2) is 0 Å². The number of carbonyl (C=O) groups excluding carboxylic acids is 1. The first-order valence-corrected chi connectivity index (χ1v) is 4.46. The Morgan fingerprint density at radius 1 is 1.46 bits per heavy atom. The van der Waals surface area contributed by atoms with Crippen LogP contribution in [0.25, 0.3) is 0 Å². The van der Waals surface area contributed by atoms with Crippen molar-refractivity contribution in [2.45, 2.75) is 27.7 Å². The van der Waals surface area contributed by atoms with Gasteiger partial charge in [-0.05, 0) is 44.9 Å². The third-order valence-corrected chi connectivity index (χ3v) is 2.37. The average Bonchev–Trinajstić information content (AvgIpc) is 1.97. The lowest BCUT2D eigenvalue weighted by Crippen LogP contribution is -2.24. The third-order valence-electron chi connectivity index (χ3n) is 2.37. The molecule has 0 aliphatic heterocycles. The largest absolute Gasteiger partial charge is 0.294 e. The van der Waals surface area contributed by atoms with E-state index in [-0.39, 0.29) is 11.2 Å². The molecule has 0 aromatic carbocycles. The van der Waals surface area contributed by atoms with Crippen molar-refractivity contribution in [2.75, 3.05) is 0 Å². The first-order valence-electron chi connectivity index (χ1n) is 4.46. The molecular formula is C12H16O. The van der Waals surface area contributed by atoms with Gasteiger partial charge in [-0.3, -0.25) is 4.79 Å². The normalized spacial score (nSPS) is 20.8. The first-order chi connectivity index (χ1) is 5.84. The minimum atomic E-state index is -0.367. The summed E-state index contributed by atoms with van der Waals surface area (Å²) >= 11 is 0. The number of hydrogen-bond donors (Lipinski definition) is 0. The topological polar surface area (TPSA) is 17.1 Å². The molecule has 0 amide bonds. The molecule has 70 valence electrons. The Labute approximate surface area is 79.8 Å². The molecule has 0 heterocycles. The first kappa shape index (κ1) is 9.97. The number of rotatable bonds is 1. The molecule has 13 heavy (non-hydrogen) atoms. The Balaban J connectivity index is 3.19. The lowest BCUT2D eigenvalue weighted by atomic mass is 9.78. The maximum Gasteiger partial charge on any atom is 0.165 e. The molecule has 0 unspecified atom stereocenters.